The number of rotatable bonds is 5. The lowest BCUT2D eigenvalue weighted by Crippen LogP contribution is -1.97. The first-order valence-electron chi connectivity index (χ1n) is 6.76. The Kier molecular flexibility index (Phi) is 4.85. The standard InChI is InChI=1S/C16H17N3O3/c1-11-7-12(2)14(10-20)8-13(11)9-17-18-15-3-5-16(6-4-15)19(21)22/h3-9,18,20H,10H2,1-2H3. The molecule has 0 aliphatic rings. The molecule has 22 heavy (non-hydrogen) atoms. The van der Waals surface area contributed by atoms with Crippen molar-refractivity contribution < 1.29 is 10.0 Å². The van der Waals surface area contributed by atoms with Crippen LogP contribution in [0.5, 0.6) is 0 Å². The minimum Gasteiger partial charge on any atom is -0.392 e. The molecule has 0 heterocycles. The third kappa shape index (κ3) is 3.67. The molecule has 0 fully saturated rings. The number of hydrazone groups is 1. The minimum absolute atomic E-state index is 0.0112. The molecule has 114 valence electrons. The van der Waals surface area contributed by atoms with E-state index in [0.29, 0.717) is 5.69 Å². The topological polar surface area (TPSA) is 87.8 Å². The molecule has 0 saturated carbocycles. The summed E-state index contributed by atoms with van der Waals surface area (Å²) in [5, 5.41) is 24.0. The van der Waals surface area contributed by atoms with Crippen molar-refractivity contribution in [3.05, 3.63) is 68.8 Å². The summed E-state index contributed by atoms with van der Waals surface area (Å²) < 4.78 is 0. The number of non-ortho nitro benzene ring substituents is 1. The Morgan fingerprint density at radius 1 is 1.23 bits per heavy atom. The lowest BCUT2D eigenvalue weighted by atomic mass is 10.0. The van der Waals surface area contributed by atoms with Crippen molar-refractivity contribution >= 4 is 17.6 Å². The quantitative estimate of drug-likeness (QED) is 0.504. The molecule has 6 nitrogen and oxygen atoms in total. The van der Waals surface area contributed by atoms with Gasteiger partial charge in [-0.05, 0) is 54.3 Å². The van der Waals surface area contributed by atoms with Crippen LogP contribution in [0.4, 0.5) is 11.4 Å². The van der Waals surface area contributed by atoms with Crippen molar-refractivity contribution in [1.82, 2.24) is 0 Å². The lowest BCUT2D eigenvalue weighted by molar-refractivity contribution is -0.384. The summed E-state index contributed by atoms with van der Waals surface area (Å²) in [6.07, 6.45) is 1.66. The predicted octanol–water partition coefficient (Wildman–Crippen LogP) is 3.15. The van der Waals surface area contributed by atoms with Crippen molar-refractivity contribution in [1.29, 1.82) is 0 Å². The molecule has 2 N–H and O–H groups in total. The Labute approximate surface area is 128 Å². The second-order valence-electron chi connectivity index (χ2n) is 4.97. The number of benzene rings is 2. The van der Waals surface area contributed by atoms with Gasteiger partial charge in [-0.3, -0.25) is 15.5 Å². The SMILES string of the molecule is Cc1cc(C)c(CO)cc1C=NNc1ccc([N+](=O)[O-])cc1. The van der Waals surface area contributed by atoms with Crippen LogP contribution >= 0.6 is 0 Å². The maximum absolute atomic E-state index is 10.6. The maximum Gasteiger partial charge on any atom is 0.269 e. The van der Waals surface area contributed by atoms with E-state index in [4.69, 9.17) is 0 Å². The first kappa shape index (κ1) is 15.7. The van der Waals surface area contributed by atoms with Crippen molar-refractivity contribution in [2.75, 3.05) is 5.43 Å². The Bertz CT molecular complexity index is 709. The Morgan fingerprint density at radius 3 is 2.50 bits per heavy atom. The summed E-state index contributed by atoms with van der Waals surface area (Å²) in [6, 6.07) is 9.91. The number of nitro groups is 1. The van der Waals surface area contributed by atoms with E-state index in [1.807, 2.05) is 26.0 Å². The van der Waals surface area contributed by atoms with Crippen LogP contribution in [0.2, 0.25) is 0 Å². The third-order valence-electron chi connectivity index (χ3n) is 3.37. The number of aryl methyl sites for hydroxylation is 2. The van der Waals surface area contributed by atoms with Crippen LogP contribution < -0.4 is 5.43 Å². The second-order valence-corrected chi connectivity index (χ2v) is 4.97. The van der Waals surface area contributed by atoms with E-state index < -0.39 is 4.92 Å². The van der Waals surface area contributed by atoms with Gasteiger partial charge in [-0.15, -0.1) is 0 Å². The number of nitrogens with zero attached hydrogens (tertiary/aromatic N) is 2. The molecule has 0 aliphatic carbocycles. The molecule has 0 spiro atoms. The van der Waals surface area contributed by atoms with Gasteiger partial charge in [0.25, 0.3) is 5.69 Å². The molecule has 0 saturated heterocycles. The molecule has 2 aromatic carbocycles. The van der Waals surface area contributed by atoms with Crippen LogP contribution in [0.3, 0.4) is 0 Å². The Morgan fingerprint density at radius 2 is 1.91 bits per heavy atom. The fourth-order valence-electron chi connectivity index (χ4n) is 2.06. The molecule has 0 radical (unpaired) electrons. The summed E-state index contributed by atoms with van der Waals surface area (Å²) >= 11 is 0. The number of nitrogens with one attached hydrogen (secondary N) is 1. The van der Waals surface area contributed by atoms with Gasteiger partial charge in [0.2, 0.25) is 0 Å². The number of aliphatic hydroxyl groups is 1. The van der Waals surface area contributed by atoms with Crippen molar-refractivity contribution in [3.8, 4) is 0 Å². The summed E-state index contributed by atoms with van der Waals surface area (Å²) in [4.78, 5) is 10.1. The lowest BCUT2D eigenvalue weighted by Gasteiger charge is -2.07. The normalized spacial score (nSPS) is 10.9. The molecular formula is C16H17N3O3. The monoisotopic (exact) mass is 299 g/mol. The molecule has 0 bridgehead atoms. The molecule has 6 heteroatoms. The van der Waals surface area contributed by atoms with Gasteiger partial charge in [-0.2, -0.15) is 5.10 Å². The van der Waals surface area contributed by atoms with Gasteiger partial charge in [0.1, 0.15) is 0 Å². The van der Waals surface area contributed by atoms with Crippen molar-refractivity contribution in [3.63, 3.8) is 0 Å². The summed E-state index contributed by atoms with van der Waals surface area (Å²) in [7, 11) is 0. The zero-order valence-corrected chi connectivity index (χ0v) is 12.4. The van der Waals surface area contributed by atoms with Gasteiger partial charge in [-0.25, -0.2) is 0 Å². The number of aliphatic hydroxyl groups excluding tert-OH is 1. The molecule has 0 amide bonds. The third-order valence-corrected chi connectivity index (χ3v) is 3.37. The maximum atomic E-state index is 10.6. The first-order valence-corrected chi connectivity index (χ1v) is 6.76. The second kappa shape index (κ2) is 6.82. The number of hydrogen-bond acceptors (Lipinski definition) is 5. The van der Waals surface area contributed by atoms with Gasteiger partial charge in [-0.1, -0.05) is 6.07 Å². The highest BCUT2D eigenvalue weighted by Crippen LogP contribution is 2.16. The average molecular weight is 299 g/mol. The summed E-state index contributed by atoms with van der Waals surface area (Å²) in [5.41, 5.74) is 7.39. The minimum atomic E-state index is -0.445. The zero-order valence-electron chi connectivity index (χ0n) is 12.4. The van der Waals surface area contributed by atoms with Gasteiger partial charge >= 0.3 is 0 Å². The van der Waals surface area contributed by atoms with E-state index in [9.17, 15) is 15.2 Å². The highest BCUT2D eigenvalue weighted by atomic mass is 16.6. The molecular weight excluding hydrogens is 282 g/mol. The summed E-state index contributed by atoms with van der Waals surface area (Å²) in [6.45, 7) is 3.92. The van der Waals surface area contributed by atoms with Crippen LogP contribution in [0.15, 0.2) is 41.5 Å². The highest BCUT2D eigenvalue weighted by Gasteiger charge is 2.04. The van der Waals surface area contributed by atoms with Gasteiger partial charge in [0, 0.05) is 12.1 Å². The van der Waals surface area contributed by atoms with E-state index in [0.717, 1.165) is 22.3 Å². The van der Waals surface area contributed by atoms with E-state index in [1.54, 1.807) is 18.3 Å². The van der Waals surface area contributed by atoms with E-state index in [1.165, 1.54) is 12.1 Å². The van der Waals surface area contributed by atoms with Gasteiger partial charge in [0.15, 0.2) is 0 Å². The Hall–Kier alpha value is -2.73. The molecule has 0 aromatic heterocycles. The molecule has 2 aromatic rings. The van der Waals surface area contributed by atoms with E-state index >= 15 is 0 Å². The van der Waals surface area contributed by atoms with Crippen LogP contribution in [-0.2, 0) is 6.61 Å². The highest BCUT2D eigenvalue weighted by molar-refractivity contribution is 5.82. The molecule has 0 atom stereocenters. The molecule has 0 aliphatic heterocycles. The average Bonchev–Trinajstić information content (AvgIpc) is 2.50. The van der Waals surface area contributed by atoms with Crippen LogP contribution in [0, 0.1) is 24.0 Å². The fraction of sp³-hybridized carbons (Fsp3) is 0.188. The number of nitro benzene ring substituents is 1. The molecule has 2 rings (SSSR count). The molecule has 0 unspecified atom stereocenters. The van der Waals surface area contributed by atoms with Crippen LogP contribution in [-0.4, -0.2) is 16.2 Å². The van der Waals surface area contributed by atoms with Gasteiger partial charge < -0.3 is 5.11 Å². The van der Waals surface area contributed by atoms with E-state index in [2.05, 4.69) is 10.5 Å². The van der Waals surface area contributed by atoms with E-state index in [-0.39, 0.29) is 12.3 Å². The van der Waals surface area contributed by atoms with Crippen LogP contribution in [0.25, 0.3) is 0 Å². The van der Waals surface area contributed by atoms with Crippen molar-refractivity contribution in [2.24, 2.45) is 5.10 Å². The largest absolute Gasteiger partial charge is 0.392 e. The smallest absolute Gasteiger partial charge is 0.269 e. The van der Waals surface area contributed by atoms with Gasteiger partial charge in [0.05, 0.1) is 23.4 Å². The van der Waals surface area contributed by atoms with Crippen molar-refractivity contribution in [2.45, 2.75) is 20.5 Å². The fourth-order valence-corrected chi connectivity index (χ4v) is 2.06. The number of hydrogen-bond donors (Lipinski definition) is 2. The zero-order chi connectivity index (χ0) is 16.1. The number of anilines is 1. The first-order chi connectivity index (χ1) is 10.5. The predicted molar refractivity (Wildman–Crippen MR) is 86.2 cm³/mol. The Balaban J connectivity index is 2.11. The summed E-state index contributed by atoms with van der Waals surface area (Å²) in [5.74, 6) is 0. The van der Waals surface area contributed by atoms with Crippen LogP contribution in [0.1, 0.15) is 22.3 Å².